The van der Waals surface area contributed by atoms with Crippen molar-refractivity contribution in [1.82, 2.24) is 9.97 Å². The third-order valence-corrected chi connectivity index (χ3v) is 4.11. The maximum atomic E-state index is 14.1. The highest BCUT2D eigenvalue weighted by atomic mass is 35.5. The number of pyridine rings is 1. The first-order chi connectivity index (χ1) is 11.1. The topological polar surface area (TPSA) is 54.7 Å². The van der Waals surface area contributed by atoms with Crippen LogP contribution in [-0.2, 0) is 6.42 Å². The first kappa shape index (κ1) is 15.9. The third-order valence-electron chi connectivity index (χ3n) is 3.81. The second kappa shape index (κ2) is 6.64. The van der Waals surface area contributed by atoms with Crippen LogP contribution in [0, 0.1) is 11.6 Å². The molecule has 0 saturated carbocycles. The highest BCUT2D eigenvalue weighted by molar-refractivity contribution is 6.33. The van der Waals surface area contributed by atoms with E-state index in [-0.39, 0.29) is 5.52 Å². The lowest BCUT2D eigenvalue weighted by molar-refractivity contribution is 0.591. The third kappa shape index (κ3) is 3.07. The van der Waals surface area contributed by atoms with E-state index in [9.17, 15) is 8.78 Å². The van der Waals surface area contributed by atoms with Crippen molar-refractivity contribution in [3.63, 3.8) is 0 Å². The van der Waals surface area contributed by atoms with Crippen molar-refractivity contribution in [2.45, 2.75) is 19.3 Å². The summed E-state index contributed by atoms with van der Waals surface area (Å²) in [7, 11) is 0. The predicted octanol–water partition coefficient (Wildman–Crippen LogP) is 4.44. The van der Waals surface area contributed by atoms with Gasteiger partial charge < -0.3 is 10.7 Å². The zero-order chi connectivity index (χ0) is 16.4. The van der Waals surface area contributed by atoms with Gasteiger partial charge in [0.25, 0.3) is 0 Å². The fraction of sp³-hybridized carbons (Fsp3) is 0.235. The van der Waals surface area contributed by atoms with Crippen molar-refractivity contribution in [3.05, 3.63) is 52.7 Å². The van der Waals surface area contributed by atoms with Crippen LogP contribution in [0.25, 0.3) is 22.3 Å². The molecule has 3 N–H and O–H groups in total. The number of hydrogen-bond donors (Lipinski definition) is 2. The van der Waals surface area contributed by atoms with Crippen molar-refractivity contribution in [2.24, 2.45) is 5.73 Å². The molecule has 0 amide bonds. The molecule has 3 aromatic rings. The number of nitrogens with zero attached hydrogens (tertiary/aromatic N) is 1. The van der Waals surface area contributed by atoms with Gasteiger partial charge in [-0.3, -0.25) is 4.98 Å². The highest BCUT2D eigenvalue weighted by Crippen LogP contribution is 2.35. The Bertz CT molecular complexity index is 845. The van der Waals surface area contributed by atoms with Crippen molar-refractivity contribution >= 4 is 22.5 Å². The molecule has 3 rings (SSSR count). The number of rotatable bonds is 5. The molecule has 0 radical (unpaired) electrons. The fourth-order valence-electron chi connectivity index (χ4n) is 2.75. The molecule has 0 aliphatic carbocycles. The summed E-state index contributed by atoms with van der Waals surface area (Å²) in [4.78, 5) is 7.30. The summed E-state index contributed by atoms with van der Waals surface area (Å²) < 4.78 is 27.7. The van der Waals surface area contributed by atoms with Gasteiger partial charge in [0.1, 0.15) is 17.3 Å². The number of nitrogens with one attached hydrogen (secondary N) is 1. The van der Waals surface area contributed by atoms with E-state index in [1.165, 1.54) is 6.07 Å². The van der Waals surface area contributed by atoms with E-state index < -0.39 is 11.6 Å². The minimum atomic E-state index is -0.627. The summed E-state index contributed by atoms with van der Waals surface area (Å²) in [5, 5.41) is 0.983. The number of aromatic amines is 1. The van der Waals surface area contributed by atoms with Gasteiger partial charge in [-0.2, -0.15) is 0 Å². The molecular weight excluding hydrogens is 320 g/mol. The summed E-state index contributed by atoms with van der Waals surface area (Å²) in [6.07, 6.45) is 3.91. The summed E-state index contributed by atoms with van der Waals surface area (Å²) in [5.41, 5.74) is 7.79. The molecule has 3 nitrogen and oxygen atoms in total. The SMILES string of the molecule is NCCCCc1c(-c2ncccc2Cl)[nH]c2c(F)cc(F)cc12. The van der Waals surface area contributed by atoms with Crippen molar-refractivity contribution in [1.29, 1.82) is 0 Å². The number of unbranched alkanes of at least 4 members (excludes halogenated alkanes) is 1. The second-order valence-corrected chi connectivity index (χ2v) is 5.78. The van der Waals surface area contributed by atoms with E-state index in [0.29, 0.717) is 34.8 Å². The zero-order valence-corrected chi connectivity index (χ0v) is 13.1. The van der Waals surface area contributed by atoms with Crippen LogP contribution >= 0.6 is 11.6 Å². The molecular formula is C17H16ClF2N3. The van der Waals surface area contributed by atoms with Crippen LogP contribution in [0.4, 0.5) is 8.78 Å². The molecule has 0 aliphatic rings. The number of H-pyrrole nitrogens is 1. The minimum absolute atomic E-state index is 0.269. The molecule has 0 saturated heterocycles. The number of benzene rings is 1. The van der Waals surface area contributed by atoms with E-state index in [1.54, 1.807) is 18.3 Å². The maximum Gasteiger partial charge on any atom is 0.150 e. The van der Waals surface area contributed by atoms with E-state index in [0.717, 1.165) is 24.5 Å². The van der Waals surface area contributed by atoms with Gasteiger partial charge in [-0.15, -0.1) is 0 Å². The van der Waals surface area contributed by atoms with Crippen LogP contribution in [0.5, 0.6) is 0 Å². The first-order valence-corrected chi connectivity index (χ1v) is 7.80. The molecule has 1 aromatic carbocycles. The highest BCUT2D eigenvalue weighted by Gasteiger charge is 2.19. The second-order valence-electron chi connectivity index (χ2n) is 5.37. The van der Waals surface area contributed by atoms with Gasteiger partial charge >= 0.3 is 0 Å². The Morgan fingerprint density at radius 2 is 2.04 bits per heavy atom. The molecule has 0 fully saturated rings. The molecule has 0 unspecified atom stereocenters. The normalized spacial score (nSPS) is 11.3. The molecule has 120 valence electrons. The number of halogens is 3. The Morgan fingerprint density at radius 3 is 2.78 bits per heavy atom. The van der Waals surface area contributed by atoms with Crippen LogP contribution in [0.2, 0.25) is 5.02 Å². The van der Waals surface area contributed by atoms with Gasteiger partial charge in [-0.25, -0.2) is 8.78 Å². The number of aromatic nitrogens is 2. The summed E-state index contributed by atoms with van der Waals surface area (Å²) in [6.45, 7) is 0.574. The van der Waals surface area contributed by atoms with Crippen LogP contribution in [-0.4, -0.2) is 16.5 Å². The average Bonchev–Trinajstić information content (AvgIpc) is 2.87. The minimum Gasteiger partial charge on any atom is -0.351 e. The number of nitrogens with two attached hydrogens (primary N) is 1. The van der Waals surface area contributed by atoms with Gasteiger partial charge in [0, 0.05) is 17.6 Å². The summed E-state index contributed by atoms with van der Waals surface area (Å²) in [5.74, 6) is -1.23. The van der Waals surface area contributed by atoms with Gasteiger partial charge in [-0.1, -0.05) is 11.6 Å². The molecule has 6 heteroatoms. The Labute approximate surface area is 137 Å². The van der Waals surface area contributed by atoms with Crippen LogP contribution in [0.1, 0.15) is 18.4 Å². The predicted molar refractivity (Wildman–Crippen MR) is 88.4 cm³/mol. The Hall–Kier alpha value is -1.98. The fourth-order valence-corrected chi connectivity index (χ4v) is 2.97. The summed E-state index contributed by atoms with van der Waals surface area (Å²) >= 11 is 6.22. The maximum absolute atomic E-state index is 14.1. The van der Waals surface area contributed by atoms with Crippen LogP contribution in [0.3, 0.4) is 0 Å². The Kier molecular flexibility index (Phi) is 4.59. The van der Waals surface area contributed by atoms with Crippen molar-refractivity contribution in [2.75, 3.05) is 6.54 Å². The molecule has 2 aromatic heterocycles. The van der Waals surface area contributed by atoms with Gasteiger partial charge in [0.2, 0.25) is 0 Å². The van der Waals surface area contributed by atoms with Crippen molar-refractivity contribution < 1.29 is 8.78 Å². The molecule has 23 heavy (non-hydrogen) atoms. The zero-order valence-electron chi connectivity index (χ0n) is 12.4. The van der Waals surface area contributed by atoms with E-state index in [1.807, 2.05) is 0 Å². The van der Waals surface area contributed by atoms with Gasteiger partial charge in [0.05, 0.1) is 16.2 Å². The van der Waals surface area contributed by atoms with Crippen LogP contribution in [0.15, 0.2) is 30.5 Å². The number of fused-ring (bicyclic) bond motifs is 1. The molecule has 2 heterocycles. The Balaban J connectivity index is 2.21. The molecule has 0 atom stereocenters. The smallest absolute Gasteiger partial charge is 0.150 e. The molecule has 0 bridgehead atoms. The largest absolute Gasteiger partial charge is 0.351 e. The quantitative estimate of drug-likeness (QED) is 0.677. The van der Waals surface area contributed by atoms with Gasteiger partial charge in [0.15, 0.2) is 0 Å². The summed E-state index contributed by atoms with van der Waals surface area (Å²) in [6, 6.07) is 5.65. The average molecular weight is 336 g/mol. The van der Waals surface area contributed by atoms with E-state index in [4.69, 9.17) is 17.3 Å². The lowest BCUT2D eigenvalue weighted by Gasteiger charge is -2.06. The molecule has 0 spiro atoms. The van der Waals surface area contributed by atoms with Crippen molar-refractivity contribution in [3.8, 4) is 11.4 Å². The lowest BCUT2D eigenvalue weighted by atomic mass is 10.0. The molecule has 0 aliphatic heterocycles. The van der Waals surface area contributed by atoms with E-state index in [2.05, 4.69) is 9.97 Å². The van der Waals surface area contributed by atoms with Gasteiger partial charge in [-0.05, 0) is 49.6 Å². The first-order valence-electron chi connectivity index (χ1n) is 7.42. The monoisotopic (exact) mass is 335 g/mol. The number of hydrogen-bond acceptors (Lipinski definition) is 2. The Morgan fingerprint density at radius 1 is 1.22 bits per heavy atom. The lowest BCUT2D eigenvalue weighted by Crippen LogP contribution is -1.99. The standard InChI is InChI=1S/C17H16ClF2N3/c18-13-5-3-7-22-17(13)16-11(4-1-2-6-21)12-8-10(19)9-14(20)15(12)23-16/h3,5,7-9,23H,1-2,4,6,21H2. The number of aryl methyl sites for hydroxylation is 1. The van der Waals surface area contributed by atoms with Crippen LogP contribution < -0.4 is 5.73 Å². The van der Waals surface area contributed by atoms with E-state index >= 15 is 0 Å².